The van der Waals surface area contributed by atoms with E-state index in [1.807, 2.05) is 6.07 Å². The summed E-state index contributed by atoms with van der Waals surface area (Å²) in [5.74, 6) is 0.639. The predicted octanol–water partition coefficient (Wildman–Crippen LogP) is 3.85. The molecule has 0 N–H and O–H groups in total. The van der Waals surface area contributed by atoms with E-state index >= 15 is 0 Å². The number of benzene rings is 2. The van der Waals surface area contributed by atoms with Crippen LogP contribution >= 0.6 is 0 Å². The van der Waals surface area contributed by atoms with Crippen molar-refractivity contribution in [1.29, 1.82) is 0 Å². The van der Waals surface area contributed by atoms with Crippen LogP contribution in [0, 0.1) is 0 Å². The Labute approximate surface area is 174 Å². The molecule has 156 valence electrons. The van der Waals surface area contributed by atoms with Gasteiger partial charge in [0.2, 0.25) is 0 Å². The van der Waals surface area contributed by atoms with Gasteiger partial charge in [0.15, 0.2) is 11.6 Å². The Morgan fingerprint density at radius 3 is 2.55 bits per heavy atom. The van der Waals surface area contributed by atoms with Crippen LogP contribution in [0.25, 0.3) is 17.3 Å². The van der Waals surface area contributed by atoms with E-state index in [4.69, 9.17) is 0 Å². The minimum atomic E-state index is -4.52. The molecule has 1 amide bonds. The van der Waals surface area contributed by atoms with Crippen LogP contribution < -0.4 is 4.90 Å². The Bertz CT molecular complexity index is 1310. The molecule has 0 saturated carbocycles. The first-order valence-corrected chi connectivity index (χ1v) is 9.33. The topological polar surface area (TPSA) is 68.8 Å². The van der Waals surface area contributed by atoms with Crippen LogP contribution in [-0.2, 0) is 19.8 Å². The van der Waals surface area contributed by atoms with Crippen molar-refractivity contribution in [1.82, 2.24) is 24.3 Å². The maximum atomic E-state index is 13.4. The summed E-state index contributed by atoms with van der Waals surface area (Å²) >= 11 is 0. The zero-order chi connectivity index (χ0) is 21.8. The number of rotatable bonds is 3. The summed E-state index contributed by atoms with van der Waals surface area (Å²) in [4.78, 5) is 18.6. The zero-order valence-electron chi connectivity index (χ0n) is 16.2. The fraction of sp³-hybridized carbons (Fsp3) is 0.143. The summed E-state index contributed by atoms with van der Waals surface area (Å²) in [5, 5.41) is 7.94. The third-order valence-corrected chi connectivity index (χ3v) is 5.24. The maximum Gasteiger partial charge on any atom is 0.416 e. The number of carbonyl (C=O) groups excluding carboxylic acids is 1. The number of anilines is 1. The Morgan fingerprint density at radius 1 is 1.03 bits per heavy atom. The maximum absolute atomic E-state index is 13.4. The summed E-state index contributed by atoms with van der Waals surface area (Å²) in [6, 6.07) is 10.7. The van der Waals surface area contributed by atoms with Crippen molar-refractivity contribution in [3.8, 4) is 17.3 Å². The lowest BCUT2D eigenvalue weighted by molar-refractivity contribution is -0.138. The average molecular weight is 424 g/mol. The molecule has 4 aromatic rings. The van der Waals surface area contributed by atoms with Crippen LogP contribution in [0.15, 0.2) is 61.2 Å². The second-order valence-electron chi connectivity index (χ2n) is 7.13. The standard InChI is InChI=1S/C21H15F3N6O/c1-28-12-26-27-19(28)18-25-8-9-29(18)13-4-2-5-14(10-13)30-11-16-15(20(30)31)6-3-7-17(16)21(22,23)24/h2-10,12H,11H2,1H3. The second-order valence-corrected chi connectivity index (χ2v) is 7.13. The molecule has 10 heteroatoms. The van der Waals surface area contributed by atoms with Gasteiger partial charge < -0.3 is 9.47 Å². The van der Waals surface area contributed by atoms with Crippen LogP contribution in [0.4, 0.5) is 18.9 Å². The number of hydrogen-bond donors (Lipinski definition) is 0. The van der Waals surface area contributed by atoms with Gasteiger partial charge in [-0.25, -0.2) is 4.98 Å². The molecule has 0 unspecified atom stereocenters. The molecule has 0 fully saturated rings. The Kier molecular flexibility index (Phi) is 4.17. The van der Waals surface area contributed by atoms with Gasteiger partial charge in [-0.2, -0.15) is 13.2 Å². The number of alkyl halides is 3. The van der Waals surface area contributed by atoms with Gasteiger partial charge in [0.1, 0.15) is 6.33 Å². The van der Waals surface area contributed by atoms with E-state index in [-0.39, 0.29) is 17.7 Å². The summed E-state index contributed by atoms with van der Waals surface area (Å²) < 4.78 is 43.7. The smallest absolute Gasteiger partial charge is 0.314 e. The third kappa shape index (κ3) is 3.07. The number of aryl methyl sites for hydroxylation is 1. The third-order valence-electron chi connectivity index (χ3n) is 5.24. The van der Waals surface area contributed by atoms with Crippen molar-refractivity contribution in [2.24, 2.45) is 7.05 Å². The van der Waals surface area contributed by atoms with Gasteiger partial charge in [0.25, 0.3) is 5.91 Å². The van der Waals surface area contributed by atoms with E-state index in [1.165, 1.54) is 17.0 Å². The second kappa shape index (κ2) is 6.79. The molecule has 2 aromatic carbocycles. The van der Waals surface area contributed by atoms with Gasteiger partial charge in [0, 0.05) is 36.4 Å². The Morgan fingerprint density at radius 2 is 1.81 bits per heavy atom. The van der Waals surface area contributed by atoms with Gasteiger partial charge >= 0.3 is 6.18 Å². The molecule has 0 atom stereocenters. The quantitative estimate of drug-likeness (QED) is 0.501. The van der Waals surface area contributed by atoms with Crippen LogP contribution in [0.1, 0.15) is 21.5 Å². The Balaban J connectivity index is 1.54. The molecule has 3 heterocycles. The highest BCUT2D eigenvalue weighted by molar-refractivity contribution is 6.10. The van der Waals surface area contributed by atoms with E-state index in [9.17, 15) is 18.0 Å². The predicted molar refractivity (Wildman–Crippen MR) is 106 cm³/mol. The molecule has 0 aliphatic carbocycles. The van der Waals surface area contributed by atoms with E-state index in [0.717, 1.165) is 6.07 Å². The number of nitrogens with zero attached hydrogens (tertiary/aromatic N) is 6. The fourth-order valence-corrected chi connectivity index (χ4v) is 3.78. The first-order chi connectivity index (χ1) is 14.8. The van der Waals surface area contributed by atoms with Crippen LogP contribution in [-0.4, -0.2) is 30.2 Å². The first-order valence-electron chi connectivity index (χ1n) is 9.33. The summed E-state index contributed by atoms with van der Waals surface area (Å²) in [6.07, 6.45) is 0.392. The van der Waals surface area contributed by atoms with Crippen LogP contribution in [0.3, 0.4) is 0 Å². The molecule has 5 rings (SSSR count). The highest BCUT2D eigenvalue weighted by atomic mass is 19.4. The lowest BCUT2D eigenvalue weighted by Gasteiger charge is -2.18. The van der Waals surface area contributed by atoms with Crippen molar-refractivity contribution < 1.29 is 18.0 Å². The molecular formula is C21H15F3N6O. The lowest BCUT2D eigenvalue weighted by atomic mass is 10.0. The van der Waals surface area contributed by atoms with Gasteiger partial charge in [-0.3, -0.25) is 9.36 Å². The minimum Gasteiger partial charge on any atom is -0.314 e. The van der Waals surface area contributed by atoms with Crippen LogP contribution in [0.5, 0.6) is 0 Å². The highest BCUT2D eigenvalue weighted by Gasteiger charge is 2.39. The molecule has 0 radical (unpaired) electrons. The van der Waals surface area contributed by atoms with Crippen molar-refractivity contribution in [2.75, 3.05) is 4.90 Å². The minimum absolute atomic E-state index is 0.00666. The summed E-state index contributed by atoms with van der Waals surface area (Å²) in [7, 11) is 1.79. The average Bonchev–Trinajstić information content (AvgIpc) is 3.46. The zero-order valence-corrected chi connectivity index (χ0v) is 16.2. The molecule has 1 aliphatic rings. The molecule has 0 spiro atoms. The molecule has 7 nitrogen and oxygen atoms in total. The van der Waals surface area contributed by atoms with E-state index in [2.05, 4.69) is 15.2 Å². The molecule has 0 bridgehead atoms. The number of hydrogen-bond acceptors (Lipinski definition) is 4. The molecule has 0 saturated heterocycles. The normalized spacial score (nSPS) is 13.7. The van der Waals surface area contributed by atoms with E-state index in [1.54, 1.807) is 53.1 Å². The SMILES string of the molecule is Cn1cnnc1-c1nccn1-c1cccc(N2Cc3c(cccc3C(F)(F)F)C2=O)c1. The van der Waals surface area contributed by atoms with Gasteiger partial charge in [-0.05, 0) is 35.9 Å². The largest absolute Gasteiger partial charge is 0.416 e. The monoisotopic (exact) mass is 424 g/mol. The van der Waals surface area contributed by atoms with Gasteiger partial charge in [-0.15, -0.1) is 10.2 Å². The van der Waals surface area contributed by atoms with Crippen molar-refractivity contribution >= 4 is 11.6 Å². The summed E-state index contributed by atoms with van der Waals surface area (Å²) in [6.45, 7) is -0.145. The number of carbonyl (C=O) groups is 1. The highest BCUT2D eigenvalue weighted by Crippen LogP contribution is 2.38. The van der Waals surface area contributed by atoms with Crippen LogP contribution in [0.2, 0.25) is 0 Å². The molecule has 31 heavy (non-hydrogen) atoms. The first kappa shape index (κ1) is 19.0. The van der Waals surface area contributed by atoms with Gasteiger partial charge in [-0.1, -0.05) is 12.1 Å². The van der Waals surface area contributed by atoms with Crippen molar-refractivity contribution in [3.63, 3.8) is 0 Å². The van der Waals surface area contributed by atoms with Gasteiger partial charge in [0.05, 0.1) is 12.1 Å². The number of aromatic nitrogens is 5. The summed E-state index contributed by atoms with van der Waals surface area (Å²) in [5.41, 5.74) is 0.462. The molecule has 1 aliphatic heterocycles. The van der Waals surface area contributed by atoms with Crippen molar-refractivity contribution in [3.05, 3.63) is 77.9 Å². The molecular weight excluding hydrogens is 409 g/mol. The van der Waals surface area contributed by atoms with E-state index in [0.29, 0.717) is 23.0 Å². The fourth-order valence-electron chi connectivity index (χ4n) is 3.78. The number of fused-ring (bicyclic) bond motifs is 1. The number of halogens is 3. The lowest BCUT2D eigenvalue weighted by Crippen LogP contribution is -2.23. The van der Waals surface area contributed by atoms with Crippen molar-refractivity contribution in [2.45, 2.75) is 12.7 Å². The van der Waals surface area contributed by atoms with E-state index < -0.39 is 17.6 Å². The number of imidazole rings is 1. The Hall–Kier alpha value is -3.95. The molecule has 2 aromatic heterocycles. The number of amides is 1.